The summed E-state index contributed by atoms with van der Waals surface area (Å²) in [7, 11) is 4.01. The first kappa shape index (κ1) is 20.6. The zero-order chi connectivity index (χ0) is 21.0. The second-order valence-corrected chi connectivity index (χ2v) is 7.43. The highest BCUT2D eigenvalue weighted by Gasteiger charge is 2.17. The molecule has 0 spiro atoms. The van der Waals surface area contributed by atoms with E-state index < -0.39 is 5.91 Å². The van der Waals surface area contributed by atoms with Gasteiger partial charge in [0.15, 0.2) is 0 Å². The van der Waals surface area contributed by atoms with Crippen molar-refractivity contribution in [3.05, 3.63) is 71.4 Å². The molecule has 6 nitrogen and oxygen atoms in total. The van der Waals surface area contributed by atoms with Crippen molar-refractivity contribution in [3.8, 4) is 0 Å². The Bertz CT molecular complexity index is 1010. The second-order valence-electron chi connectivity index (χ2n) is 7.43. The minimum absolute atomic E-state index is 0.0763. The molecule has 0 fully saturated rings. The topological polar surface area (TPSA) is 80.4 Å². The lowest BCUT2D eigenvalue weighted by Gasteiger charge is -2.25. The highest BCUT2D eigenvalue weighted by Crippen LogP contribution is 2.21. The van der Waals surface area contributed by atoms with Crippen LogP contribution in [0.2, 0.25) is 0 Å². The Morgan fingerprint density at radius 1 is 1.10 bits per heavy atom. The fourth-order valence-electron chi connectivity index (χ4n) is 3.57. The van der Waals surface area contributed by atoms with E-state index >= 15 is 0 Å². The third kappa shape index (κ3) is 4.66. The standard InChI is InChI=1S/C23H28N4O2/c1-4-16-9-11-17(12-10-16)21(26(2)3)13-25-22(28)15-27-14-19(23(24)29)18-7-5-6-8-20(18)27/h5-12,14,21H,4,13,15H2,1-3H3,(H2,24,29)(H,25,28)/t21-/m1/s1. The number of para-hydroxylation sites is 1. The summed E-state index contributed by atoms with van der Waals surface area (Å²) in [5.41, 5.74) is 9.18. The molecule has 0 unspecified atom stereocenters. The van der Waals surface area contributed by atoms with E-state index in [1.54, 1.807) is 10.8 Å². The number of rotatable bonds is 8. The van der Waals surface area contributed by atoms with Gasteiger partial charge in [0.25, 0.3) is 5.91 Å². The van der Waals surface area contributed by atoms with Gasteiger partial charge in [0, 0.05) is 23.6 Å². The van der Waals surface area contributed by atoms with Crippen molar-refractivity contribution in [1.29, 1.82) is 0 Å². The lowest BCUT2D eigenvalue weighted by Crippen LogP contribution is -2.36. The zero-order valence-corrected chi connectivity index (χ0v) is 17.2. The second kappa shape index (κ2) is 8.92. The number of carbonyl (C=O) groups excluding carboxylic acids is 2. The zero-order valence-electron chi connectivity index (χ0n) is 17.2. The number of nitrogens with two attached hydrogens (primary N) is 1. The summed E-state index contributed by atoms with van der Waals surface area (Å²) >= 11 is 0. The maximum atomic E-state index is 12.6. The van der Waals surface area contributed by atoms with Crippen molar-refractivity contribution in [3.63, 3.8) is 0 Å². The molecule has 1 atom stereocenters. The van der Waals surface area contributed by atoms with Crippen LogP contribution < -0.4 is 11.1 Å². The van der Waals surface area contributed by atoms with Gasteiger partial charge in [-0.15, -0.1) is 0 Å². The molecule has 0 aliphatic rings. The van der Waals surface area contributed by atoms with Crippen molar-refractivity contribution in [2.45, 2.75) is 25.9 Å². The van der Waals surface area contributed by atoms with Crippen LogP contribution in [0.25, 0.3) is 10.9 Å². The third-order valence-electron chi connectivity index (χ3n) is 5.26. The molecule has 3 aromatic rings. The molecule has 0 radical (unpaired) electrons. The summed E-state index contributed by atoms with van der Waals surface area (Å²) in [6.07, 6.45) is 2.65. The SMILES string of the molecule is CCc1ccc([C@@H](CNC(=O)Cn2cc(C(N)=O)c3ccccc32)N(C)C)cc1. The van der Waals surface area contributed by atoms with Crippen LogP contribution in [0, 0.1) is 0 Å². The molecule has 1 heterocycles. The highest BCUT2D eigenvalue weighted by molar-refractivity contribution is 6.06. The van der Waals surface area contributed by atoms with Crippen LogP contribution in [0.15, 0.2) is 54.7 Å². The molecule has 3 N–H and O–H groups in total. The predicted molar refractivity (Wildman–Crippen MR) is 116 cm³/mol. The molecular weight excluding hydrogens is 364 g/mol. The Morgan fingerprint density at radius 3 is 2.41 bits per heavy atom. The summed E-state index contributed by atoms with van der Waals surface area (Å²) in [6.45, 7) is 2.76. The summed E-state index contributed by atoms with van der Waals surface area (Å²) in [4.78, 5) is 26.4. The van der Waals surface area contributed by atoms with Crippen LogP contribution in [0.1, 0.15) is 34.5 Å². The number of carbonyl (C=O) groups is 2. The van der Waals surface area contributed by atoms with Crippen LogP contribution in [0.4, 0.5) is 0 Å². The van der Waals surface area contributed by atoms with Crippen LogP contribution in [-0.2, 0) is 17.8 Å². The third-order valence-corrected chi connectivity index (χ3v) is 5.26. The number of hydrogen-bond acceptors (Lipinski definition) is 3. The van der Waals surface area contributed by atoms with E-state index in [2.05, 4.69) is 41.4 Å². The molecule has 2 aromatic carbocycles. The Labute approximate surface area is 171 Å². The number of benzene rings is 2. The molecule has 0 saturated carbocycles. The molecule has 152 valence electrons. The molecule has 3 rings (SSSR count). The highest BCUT2D eigenvalue weighted by atomic mass is 16.2. The molecule has 0 bridgehead atoms. The van der Waals surface area contributed by atoms with Gasteiger partial charge in [-0.3, -0.25) is 9.59 Å². The molecule has 0 saturated heterocycles. The number of aromatic nitrogens is 1. The Balaban J connectivity index is 1.71. The largest absolute Gasteiger partial charge is 0.366 e. The van der Waals surface area contributed by atoms with Gasteiger partial charge < -0.3 is 20.5 Å². The maximum Gasteiger partial charge on any atom is 0.250 e. The normalized spacial score (nSPS) is 12.3. The average molecular weight is 393 g/mol. The van der Waals surface area contributed by atoms with Gasteiger partial charge in [-0.25, -0.2) is 0 Å². The van der Waals surface area contributed by atoms with Crippen LogP contribution >= 0.6 is 0 Å². The molecule has 0 aliphatic carbocycles. The number of nitrogens with zero attached hydrogens (tertiary/aromatic N) is 2. The average Bonchev–Trinajstić information content (AvgIpc) is 3.07. The van der Waals surface area contributed by atoms with Gasteiger partial charge in [0.2, 0.25) is 5.91 Å². The van der Waals surface area contributed by atoms with Gasteiger partial charge in [-0.1, -0.05) is 49.4 Å². The van der Waals surface area contributed by atoms with Gasteiger partial charge in [-0.2, -0.15) is 0 Å². The monoisotopic (exact) mass is 392 g/mol. The Morgan fingerprint density at radius 2 is 1.79 bits per heavy atom. The van der Waals surface area contributed by atoms with Crippen molar-refractivity contribution in [1.82, 2.24) is 14.8 Å². The van der Waals surface area contributed by atoms with E-state index in [1.807, 2.05) is 38.4 Å². The number of fused-ring (bicyclic) bond motifs is 1. The molecular formula is C23H28N4O2. The smallest absolute Gasteiger partial charge is 0.250 e. The van der Waals surface area contributed by atoms with Crippen LogP contribution in [0.5, 0.6) is 0 Å². The first-order valence-electron chi connectivity index (χ1n) is 9.80. The lowest BCUT2D eigenvalue weighted by atomic mass is 10.0. The number of primary amides is 1. The Kier molecular flexibility index (Phi) is 6.34. The molecule has 6 heteroatoms. The molecule has 2 amide bonds. The summed E-state index contributed by atoms with van der Waals surface area (Å²) in [5.74, 6) is -0.609. The van der Waals surface area contributed by atoms with E-state index in [0.717, 1.165) is 22.9 Å². The van der Waals surface area contributed by atoms with Crippen LogP contribution in [-0.4, -0.2) is 41.9 Å². The molecule has 1 aromatic heterocycles. The van der Waals surface area contributed by atoms with E-state index in [9.17, 15) is 9.59 Å². The van der Waals surface area contributed by atoms with Crippen molar-refractivity contribution < 1.29 is 9.59 Å². The minimum atomic E-state index is -0.497. The number of likely N-dealkylation sites (N-methyl/N-ethyl adjacent to an activating group) is 1. The fraction of sp³-hybridized carbons (Fsp3) is 0.304. The first-order chi connectivity index (χ1) is 13.9. The van der Waals surface area contributed by atoms with E-state index in [4.69, 9.17) is 5.73 Å². The Hall–Kier alpha value is -3.12. The summed E-state index contributed by atoms with van der Waals surface area (Å²) in [5, 5.41) is 3.78. The molecule has 29 heavy (non-hydrogen) atoms. The number of amides is 2. The quantitative estimate of drug-likeness (QED) is 0.619. The van der Waals surface area contributed by atoms with E-state index in [1.165, 1.54) is 5.56 Å². The fourth-order valence-corrected chi connectivity index (χ4v) is 3.57. The van der Waals surface area contributed by atoms with Crippen molar-refractivity contribution in [2.75, 3.05) is 20.6 Å². The van der Waals surface area contributed by atoms with Crippen molar-refractivity contribution in [2.24, 2.45) is 5.73 Å². The predicted octanol–water partition coefficient (Wildman–Crippen LogP) is 2.72. The lowest BCUT2D eigenvalue weighted by molar-refractivity contribution is -0.121. The van der Waals surface area contributed by atoms with Gasteiger partial charge in [0.05, 0.1) is 11.6 Å². The molecule has 0 aliphatic heterocycles. The van der Waals surface area contributed by atoms with Gasteiger partial charge in [0.1, 0.15) is 6.54 Å². The van der Waals surface area contributed by atoms with Crippen LogP contribution in [0.3, 0.4) is 0 Å². The number of nitrogens with one attached hydrogen (secondary N) is 1. The van der Waals surface area contributed by atoms with Crippen molar-refractivity contribution >= 4 is 22.7 Å². The van der Waals surface area contributed by atoms with E-state index in [0.29, 0.717) is 12.1 Å². The number of aryl methyl sites for hydroxylation is 1. The number of hydrogen-bond donors (Lipinski definition) is 2. The van der Waals surface area contributed by atoms with E-state index in [-0.39, 0.29) is 18.5 Å². The first-order valence-corrected chi connectivity index (χ1v) is 9.80. The van der Waals surface area contributed by atoms with Gasteiger partial charge in [-0.05, 0) is 37.7 Å². The van der Waals surface area contributed by atoms with Gasteiger partial charge >= 0.3 is 0 Å². The summed E-state index contributed by atoms with van der Waals surface area (Å²) < 4.78 is 1.77. The minimum Gasteiger partial charge on any atom is -0.366 e. The maximum absolute atomic E-state index is 12.6. The summed E-state index contributed by atoms with van der Waals surface area (Å²) in [6, 6.07) is 16.0.